The summed E-state index contributed by atoms with van der Waals surface area (Å²) < 4.78 is 5.26. The standard InChI is InChI=1S/C16H24N2O4S/c1-16(2,3)22-15(21)18(5)10-6-9-17(4)14(20)13-8-7-12(11-19)23-13/h7-8,11H,6,9-10H2,1-5H3. The molecule has 0 atom stereocenters. The SMILES string of the molecule is CN(CCCN(C)C(=O)c1ccc(C=O)s1)C(=O)OC(C)(C)C. The predicted molar refractivity (Wildman–Crippen MR) is 90.1 cm³/mol. The molecule has 0 aromatic carbocycles. The second-order valence-electron chi connectivity index (χ2n) is 6.30. The summed E-state index contributed by atoms with van der Waals surface area (Å²) in [5, 5.41) is 0. The van der Waals surface area contributed by atoms with Crippen molar-refractivity contribution in [1.82, 2.24) is 9.80 Å². The molecule has 0 aliphatic heterocycles. The highest BCUT2D eigenvalue weighted by molar-refractivity contribution is 7.15. The van der Waals surface area contributed by atoms with Crippen LogP contribution >= 0.6 is 11.3 Å². The van der Waals surface area contributed by atoms with Gasteiger partial charge < -0.3 is 14.5 Å². The molecule has 0 spiro atoms. The van der Waals surface area contributed by atoms with Crippen LogP contribution < -0.4 is 0 Å². The number of carbonyl (C=O) groups is 3. The first-order valence-electron chi connectivity index (χ1n) is 7.38. The fraction of sp³-hybridized carbons (Fsp3) is 0.562. The first-order valence-corrected chi connectivity index (χ1v) is 8.20. The molecular formula is C16H24N2O4S. The van der Waals surface area contributed by atoms with Gasteiger partial charge in [-0.15, -0.1) is 11.3 Å². The lowest BCUT2D eigenvalue weighted by Gasteiger charge is -2.25. The zero-order chi connectivity index (χ0) is 17.6. The van der Waals surface area contributed by atoms with Crippen LogP contribution in [0.15, 0.2) is 12.1 Å². The van der Waals surface area contributed by atoms with Crippen molar-refractivity contribution in [3.8, 4) is 0 Å². The van der Waals surface area contributed by atoms with Gasteiger partial charge in [0.05, 0.1) is 9.75 Å². The fourth-order valence-corrected chi connectivity index (χ4v) is 2.61. The molecule has 128 valence electrons. The third-order valence-electron chi connectivity index (χ3n) is 2.99. The molecule has 0 saturated carbocycles. The summed E-state index contributed by atoms with van der Waals surface area (Å²) in [5.41, 5.74) is -0.520. The van der Waals surface area contributed by atoms with Gasteiger partial charge in [0.2, 0.25) is 0 Å². The number of rotatable bonds is 6. The summed E-state index contributed by atoms with van der Waals surface area (Å²) in [6.45, 7) is 6.47. The van der Waals surface area contributed by atoms with E-state index in [0.29, 0.717) is 29.3 Å². The number of aldehydes is 1. The molecule has 7 heteroatoms. The lowest BCUT2D eigenvalue weighted by Crippen LogP contribution is -2.36. The highest BCUT2D eigenvalue weighted by atomic mass is 32.1. The molecule has 1 rings (SSSR count). The van der Waals surface area contributed by atoms with Crippen LogP contribution in [0.4, 0.5) is 4.79 Å². The van der Waals surface area contributed by atoms with E-state index in [9.17, 15) is 14.4 Å². The molecule has 0 saturated heterocycles. The summed E-state index contributed by atoms with van der Waals surface area (Å²) >= 11 is 1.18. The van der Waals surface area contributed by atoms with Crippen molar-refractivity contribution < 1.29 is 19.1 Å². The summed E-state index contributed by atoms with van der Waals surface area (Å²) in [6.07, 6.45) is 1.00. The molecule has 0 fully saturated rings. The number of thiophene rings is 1. The molecule has 0 radical (unpaired) electrons. The molecule has 1 aromatic rings. The van der Waals surface area contributed by atoms with Gasteiger partial charge in [-0.05, 0) is 39.3 Å². The maximum Gasteiger partial charge on any atom is 0.410 e. The van der Waals surface area contributed by atoms with Crippen molar-refractivity contribution in [2.24, 2.45) is 0 Å². The number of carbonyl (C=O) groups excluding carboxylic acids is 3. The van der Waals surface area contributed by atoms with Crippen molar-refractivity contribution >= 4 is 29.6 Å². The molecule has 0 unspecified atom stereocenters. The third kappa shape index (κ3) is 6.40. The van der Waals surface area contributed by atoms with E-state index < -0.39 is 5.60 Å². The van der Waals surface area contributed by atoms with Gasteiger partial charge >= 0.3 is 6.09 Å². The number of hydrogen-bond acceptors (Lipinski definition) is 5. The molecule has 1 aromatic heterocycles. The predicted octanol–water partition coefficient (Wildman–Crippen LogP) is 2.89. The molecule has 0 aliphatic carbocycles. The molecule has 0 bridgehead atoms. The topological polar surface area (TPSA) is 66.9 Å². The summed E-state index contributed by atoms with van der Waals surface area (Å²) in [5.74, 6) is -0.122. The van der Waals surface area contributed by atoms with E-state index in [4.69, 9.17) is 4.74 Å². The van der Waals surface area contributed by atoms with Gasteiger partial charge in [-0.3, -0.25) is 9.59 Å². The molecule has 23 heavy (non-hydrogen) atoms. The Labute approximate surface area is 141 Å². The smallest absolute Gasteiger partial charge is 0.410 e. The zero-order valence-corrected chi connectivity index (χ0v) is 15.1. The molecule has 6 nitrogen and oxygen atoms in total. The minimum atomic E-state index is -0.520. The van der Waals surface area contributed by atoms with E-state index in [1.807, 2.05) is 20.8 Å². The Hall–Kier alpha value is -1.89. The maximum absolute atomic E-state index is 12.2. The van der Waals surface area contributed by atoms with Crippen molar-refractivity contribution in [3.05, 3.63) is 21.9 Å². The first kappa shape index (κ1) is 19.2. The second-order valence-corrected chi connectivity index (χ2v) is 7.42. The average molecular weight is 340 g/mol. The van der Waals surface area contributed by atoms with Crippen LogP contribution in [-0.2, 0) is 4.74 Å². The Morgan fingerprint density at radius 2 is 1.78 bits per heavy atom. The number of nitrogens with zero attached hydrogens (tertiary/aromatic N) is 2. The average Bonchev–Trinajstić information content (AvgIpc) is 2.93. The lowest BCUT2D eigenvalue weighted by atomic mass is 10.2. The summed E-state index contributed by atoms with van der Waals surface area (Å²) in [6, 6.07) is 3.29. The lowest BCUT2D eigenvalue weighted by molar-refractivity contribution is 0.0294. The summed E-state index contributed by atoms with van der Waals surface area (Å²) in [4.78, 5) is 38.8. The normalized spacial score (nSPS) is 11.0. The van der Waals surface area contributed by atoms with Crippen LogP contribution in [-0.4, -0.2) is 60.9 Å². The van der Waals surface area contributed by atoms with E-state index >= 15 is 0 Å². The van der Waals surface area contributed by atoms with Crippen molar-refractivity contribution in [2.45, 2.75) is 32.8 Å². The number of ether oxygens (including phenoxy) is 1. The van der Waals surface area contributed by atoms with Crippen LogP contribution in [0.5, 0.6) is 0 Å². The van der Waals surface area contributed by atoms with Gasteiger partial charge in [-0.1, -0.05) is 0 Å². The Morgan fingerprint density at radius 3 is 2.30 bits per heavy atom. The van der Waals surface area contributed by atoms with Crippen molar-refractivity contribution in [3.63, 3.8) is 0 Å². The van der Waals surface area contributed by atoms with Gasteiger partial charge in [0.1, 0.15) is 5.60 Å². The molecule has 1 heterocycles. The molecule has 2 amide bonds. The monoisotopic (exact) mass is 340 g/mol. The second kappa shape index (κ2) is 8.10. The Balaban J connectivity index is 2.41. The van der Waals surface area contributed by atoms with Crippen LogP contribution in [0.2, 0.25) is 0 Å². The number of amides is 2. The number of hydrogen-bond donors (Lipinski definition) is 0. The molecule has 0 aliphatic rings. The van der Waals surface area contributed by atoms with Crippen molar-refractivity contribution in [1.29, 1.82) is 0 Å². The van der Waals surface area contributed by atoms with Gasteiger partial charge in [-0.2, -0.15) is 0 Å². The molecule has 0 N–H and O–H groups in total. The van der Waals surface area contributed by atoms with E-state index in [0.717, 1.165) is 6.29 Å². The van der Waals surface area contributed by atoms with Gasteiger partial charge in [0.15, 0.2) is 6.29 Å². The Bertz CT molecular complexity index is 563. The van der Waals surface area contributed by atoms with Crippen LogP contribution in [0.25, 0.3) is 0 Å². The van der Waals surface area contributed by atoms with Gasteiger partial charge in [0.25, 0.3) is 5.91 Å². The van der Waals surface area contributed by atoms with Gasteiger partial charge in [-0.25, -0.2) is 4.79 Å². The quantitative estimate of drug-likeness (QED) is 0.747. The minimum Gasteiger partial charge on any atom is -0.444 e. The van der Waals surface area contributed by atoms with E-state index in [1.165, 1.54) is 16.2 Å². The third-order valence-corrected chi connectivity index (χ3v) is 3.99. The Kier molecular flexibility index (Phi) is 6.75. The zero-order valence-electron chi connectivity index (χ0n) is 14.3. The molecular weight excluding hydrogens is 316 g/mol. The maximum atomic E-state index is 12.2. The fourth-order valence-electron chi connectivity index (χ4n) is 1.80. The highest BCUT2D eigenvalue weighted by Crippen LogP contribution is 2.16. The van der Waals surface area contributed by atoms with Gasteiger partial charge in [0, 0.05) is 27.2 Å². The first-order chi connectivity index (χ1) is 10.6. The van der Waals surface area contributed by atoms with Crippen LogP contribution in [0.3, 0.4) is 0 Å². The Morgan fingerprint density at radius 1 is 1.17 bits per heavy atom. The highest BCUT2D eigenvalue weighted by Gasteiger charge is 2.20. The van der Waals surface area contributed by atoms with Crippen LogP contribution in [0, 0.1) is 0 Å². The summed E-state index contributed by atoms with van der Waals surface area (Å²) in [7, 11) is 3.38. The van der Waals surface area contributed by atoms with E-state index in [2.05, 4.69) is 0 Å². The van der Waals surface area contributed by atoms with Crippen LogP contribution in [0.1, 0.15) is 46.5 Å². The van der Waals surface area contributed by atoms with E-state index in [1.54, 1.807) is 31.1 Å². The van der Waals surface area contributed by atoms with Crippen molar-refractivity contribution in [2.75, 3.05) is 27.2 Å². The van der Waals surface area contributed by atoms with E-state index in [-0.39, 0.29) is 12.0 Å². The minimum absolute atomic E-state index is 0.122. The largest absolute Gasteiger partial charge is 0.444 e.